The molecule has 0 bridgehead atoms. The minimum Gasteiger partial charge on any atom is -0.354 e. The number of nitrogens with one attached hydrogen (secondary N) is 2. The van der Waals surface area contributed by atoms with Crippen molar-refractivity contribution in [2.45, 2.75) is 19.9 Å². The number of hydrogen-bond donors (Lipinski definition) is 2. The minimum atomic E-state index is -0.234. The van der Waals surface area contributed by atoms with Gasteiger partial charge in [0, 0.05) is 13.0 Å². The van der Waals surface area contributed by atoms with Gasteiger partial charge >= 0.3 is 0 Å². The van der Waals surface area contributed by atoms with Crippen molar-refractivity contribution in [2.75, 3.05) is 6.54 Å². The molecule has 0 aliphatic carbocycles. The van der Waals surface area contributed by atoms with Crippen molar-refractivity contribution < 1.29 is 4.79 Å². The van der Waals surface area contributed by atoms with Gasteiger partial charge in [-0.3, -0.25) is 14.2 Å². The number of fused-ring (bicyclic) bond motifs is 1. The van der Waals surface area contributed by atoms with Crippen LogP contribution in [-0.2, 0) is 17.8 Å². The molecule has 7 nitrogen and oxygen atoms in total. The van der Waals surface area contributed by atoms with Gasteiger partial charge in [0.25, 0.3) is 5.56 Å². The molecule has 0 aliphatic heterocycles. The second kappa shape index (κ2) is 8.10. The molecule has 2 heterocycles. The summed E-state index contributed by atoms with van der Waals surface area (Å²) < 4.78 is 1.40. The Balaban J connectivity index is 1.37. The minimum absolute atomic E-state index is 0.0596. The van der Waals surface area contributed by atoms with Crippen LogP contribution in [0.1, 0.15) is 11.6 Å². The highest BCUT2D eigenvalue weighted by Gasteiger charge is 2.11. The van der Waals surface area contributed by atoms with Crippen molar-refractivity contribution >= 4 is 16.8 Å². The maximum Gasteiger partial charge on any atom is 0.261 e. The van der Waals surface area contributed by atoms with Crippen molar-refractivity contribution in [2.24, 2.45) is 0 Å². The van der Waals surface area contributed by atoms with Gasteiger partial charge in [0.2, 0.25) is 5.91 Å². The van der Waals surface area contributed by atoms with Gasteiger partial charge in [0.1, 0.15) is 18.2 Å². The predicted octanol–water partition coefficient (Wildman–Crippen LogP) is 2.45. The lowest BCUT2D eigenvalue weighted by atomic mass is 10.2. The van der Waals surface area contributed by atoms with Gasteiger partial charge in [-0.15, -0.1) is 0 Å². The van der Waals surface area contributed by atoms with Gasteiger partial charge in [-0.25, -0.2) is 9.97 Å². The summed E-state index contributed by atoms with van der Waals surface area (Å²) in [5, 5.41) is 3.35. The highest BCUT2D eigenvalue weighted by molar-refractivity contribution is 5.79. The number of aryl methyl sites for hydroxylation is 1. The zero-order valence-electron chi connectivity index (χ0n) is 16.1. The third kappa shape index (κ3) is 4.08. The molecule has 0 saturated heterocycles. The van der Waals surface area contributed by atoms with E-state index in [0.29, 0.717) is 29.7 Å². The molecule has 2 N–H and O–H groups in total. The number of carbonyl (C=O) groups excluding carboxylic acids is 1. The van der Waals surface area contributed by atoms with E-state index in [1.165, 1.54) is 4.57 Å². The van der Waals surface area contributed by atoms with Crippen LogP contribution >= 0.6 is 0 Å². The number of aromatic amines is 1. The summed E-state index contributed by atoms with van der Waals surface area (Å²) in [6.07, 6.45) is 2.36. The van der Waals surface area contributed by atoms with Gasteiger partial charge in [-0.2, -0.15) is 0 Å². The Kier molecular flexibility index (Phi) is 5.20. The third-order valence-electron chi connectivity index (χ3n) is 4.75. The van der Waals surface area contributed by atoms with Crippen LogP contribution in [0.15, 0.2) is 65.6 Å². The van der Waals surface area contributed by atoms with E-state index in [1.807, 2.05) is 36.4 Å². The molecule has 0 spiro atoms. The number of aromatic nitrogens is 4. The van der Waals surface area contributed by atoms with Crippen LogP contribution in [0, 0.1) is 6.92 Å². The summed E-state index contributed by atoms with van der Waals surface area (Å²) in [7, 11) is 0. The fourth-order valence-corrected chi connectivity index (χ4v) is 3.24. The number of imidazole rings is 1. The molecule has 0 atom stereocenters. The summed E-state index contributed by atoms with van der Waals surface area (Å²) in [4.78, 5) is 37.0. The number of benzene rings is 2. The van der Waals surface area contributed by atoms with Crippen LogP contribution in [0.4, 0.5) is 0 Å². The summed E-state index contributed by atoms with van der Waals surface area (Å²) in [6.45, 7) is 2.10. The number of nitrogens with zero attached hydrogens (tertiary/aromatic N) is 3. The largest absolute Gasteiger partial charge is 0.354 e. The first-order valence-electron chi connectivity index (χ1n) is 9.44. The summed E-state index contributed by atoms with van der Waals surface area (Å²) >= 11 is 0. The van der Waals surface area contributed by atoms with Gasteiger partial charge in [0.05, 0.1) is 22.8 Å². The van der Waals surface area contributed by atoms with Crippen LogP contribution in [0.2, 0.25) is 0 Å². The maximum absolute atomic E-state index is 12.6. The van der Waals surface area contributed by atoms with E-state index >= 15 is 0 Å². The van der Waals surface area contributed by atoms with E-state index < -0.39 is 0 Å². The molecule has 0 fully saturated rings. The first-order chi connectivity index (χ1) is 14.1. The second-order valence-corrected chi connectivity index (χ2v) is 6.78. The first-order valence-corrected chi connectivity index (χ1v) is 9.44. The van der Waals surface area contributed by atoms with E-state index in [9.17, 15) is 9.59 Å². The Morgan fingerprint density at radius 1 is 1.10 bits per heavy atom. The van der Waals surface area contributed by atoms with Crippen molar-refractivity contribution in [3.63, 3.8) is 0 Å². The van der Waals surface area contributed by atoms with Crippen molar-refractivity contribution in [3.8, 4) is 11.3 Å². The van der Waals surface area contributed by atoms with E-state index in [4.69, 9.17) is 0 Å². The van der Waals surface area contributed by atoms with Crippen LogP contribution in [-0.4, -0.2) is 32.0 Å². The van der Waals surface area contributed by atoms with Crippen LogP contribution in [0.25, 0.3) is 22.2 Å². The highest BCUT2D eigenvalue weighted by atomic mass is 16.2. The third-order valence-corrected chi connectivity index (χ3v) is 4.75. The van der Waals surface area contributed by atoms with E-state index in [1.54, 1.807) is 31.3 Å². The number of carbonyl (C=O) groups is 1. The Morgan fingerprint density at radius 2 is 1.86 bits per heavy atom. The van der Waals surface area contributed by atoms with Crippen molar-refractivity contribution in [1.29, 1.82) is 0 Å². The molecule has 0 unspecified atom stereocenters. The summed E-state index contributed by atoms with van der Waals surface area (Å²) in [5.41, 5.74) is 2.44. The number of amides is 1. The smallest absolute Gasteiger partial charge is 0.261 e. The molecule has 7 heteroatoms. The zero-order valence-corrected chi connectivity index (χ0v) is 16.1. The molecular weight excluding hydrogens is 366 g/mol. The molecule has 2 aromatic carbocycles. The predicted molar refractivity (Wildman–Crippen MR) is 111 cm³/mol. The quantitative estimate of drug-likeness (QED) is 0.532. The summed E-state index contributed by atoms with van der Waals surface area (Å²) in [5.74, 6) is 1.08. The van der Waals surface area contributed by atoms with Gasteiger partial charge in [0.15, 0.2) is 0 Å². The Hall–Kier alpha value is -3.74. The fraction of sp³-hybridized carbons (Fsp3) is 0.182. The van der Waals surface area contributed by atoms with Crippen molar-refractivity contribution in [3.05, 3.63) is 82.8 Å². The molecular formula is C22H21N5O2. The number of hydrogen-bond acceptors (Lipinski definition) is 4. The lowest BCUT2D eigenvalue weighted by Gasteiger charge is -2.11. The van der Waals surface area contributed by atoms with Crippen LogP contribution in [0.3, 0.4) is 0 Å². The summed E-state index contributed by atoms with van der Waals surface area (Å²) in [6, 6.07) is 17.1. The second-order valence-electron chi connectivity index (χ2n) is 6.78. The maximum atomic E-state index is 12.6. The molecule has 0 radical (unpaired) electrons. The van der Waals surface area contributed by atoms with Crippen molar-refractivity contribution in [1.82, 2.24) is 24.8 Å². The molecule has 2 aromatic heterocycles. The fourth-order valence-electron chi connectivity index (χ4n) is 3.24. The van der Waals surface area contributed by atoms with Gasteiger partial charge < -0.3 is 10.3 Å². The lowest BCUT2D eigenvalue weighted by molar-refractivity contribution is -0.121. The molecule has 1 amide bonds. The normalized spacial score (nSPS) is 10.9. The SMILES string of the molecule is Cc1nc2ccccc2c(=O)n1CC(=O)NCCc1ncc(-c2ccccc2)[nH]1. The van der Waals surface area contributed by atoms with Gasteiger partial charge in [-0.05, 0) is 24.6 Å². The Morgan fingerprint density at radius 3 is 2.69 bits per heavy atom. The van der Waals surface area contributed by atoms with E-state index in [0.717, 1.165) is 17.1 Å². The average Bonchev–Trinajstić information content (AvgIpc) is 3.21. The average molecular weight is 387 g/mol. The Labute approximate surface area is 167 Å². The van der Waals surface area contributed by atoms with Crippen LogP contribution < -0.4 is 10.9 Å². The molecule has 4 rings (SSSR count). The molecule has 29 heavy (non-hydrogen) atoms. The Bertz CT molecular complexity index is 1210. The highest BCUT2D eigenvalue weighted by Crippen LogP contribution is 2.16. The van der Waals surface area contributed by atoms with Gasteiger partial charge in [-0.1, -0.05) is 42.5 Å². The van der Waals surface area contributed by atoms with E-state index in [-0.39, 0.29) is 18.0 Å². The number of rotatable bonds is 6. The first kappa shape index (κ1) is 18.6. The number of H-pyrrole nitrogens is 1. The topological polar surface area (TPSA) is 92.7 Å². The monoisotopic (exact) mass is 387 g/mol. The molecule has 146 valence electrons. The van der Waals surface area contributed by atoms with E-state index in [2.05, 4.69) is 20.3 Å². The number of para-hydroxylation sites is 1. The van der Waals surface area contributed by atoms with Crippen LogP contribution in [0.5, 0.6) is 0 Å². The molecule has 0 saturated carbocycles. The lowest BCUT2D eigenvalue weighted by Crippen LogP contribution is -2.35. The zero-order chi connectivity index (χ0) is 20.2. The standard InChI is InChI=1S/C22H21N5O2/c1-15-25-18-10-6-5-9-17(18)22(29)27(15)14-21(28)23-12-11-20-24-13-19(26-20)16-7-3-2-4-8-16/h2-10,13H,11-12,14H2,1H3,(H,23,28)(H,24,26). The molecule has 4 aromatic rings. The molecule has 0 aliphatic rings.